The van der Waals surface area contributed by atoms with Crippen molar-refractivity contribution in [2.75, 3.05) is 26.6 Å². The molecule has 1 amide bonds. The van der Waals surface area contributed by atoms with Crippen molar-refractivity contribution in [2.45, 2.75) is 13.3 Å². The minimum absolute atomic E-state index is 0.0875. The van der Waals surface area contributed by atoms with Crippen molar-refractivity contribution in [3.05, 3.63) is 12.1 Å². The summed E-state index contributed by atoms with van der Waals surface area (Å²) in [7, 11) is 4.58. The summed E-state index contributed by atoms with van der Waals surface area (Å²) in [5.41, 5.74) is 0.567. The minimum Gasteiger partial charge on any atom is -0.493 e. The molecule has 0 fully saturated rings. The van der Waals surface area contributed by atoms with Gasteiger partial charge in [0.2, 0.25) is 11.7 Å². The van der Waals surface area contributed by atoms with Crippen molar-refractivity contribution in [3.63, 3.8) is 0 Å². The molecule has 0 aromatic heterocycles. The molecule has 17 heavy (non-hydrogen) atoms. The van der Waals surface area contributed by atoms with Crippen molar-refractivity contribution >= 4 is 11.6 Å². The molecular weight excluding hydrogens is 222 g/mol. The number of ether oxygens (including phenoxy) is 3. The molecule has 0 aliphatic carbocycles. The highest BCUT2D eigenvalue weighted by atomic mass is 16.5. The lowest BCUT2D eigenvalue weighted by atomic mass is 10.2. The van der Waals surface area contributed by atoms with Crippen LogP contribution in [-0.2, 0) is 4.79 Å². The summed E-state index contributed by atoms with van der Waals surface area (Å²) >= 11 is 0. The van der Waals surface area contributed by atoms with Crippen molar-refractivity contribution in [3.8, 4) is 17.2 Å². The number of anilines is 1. The molecule has 0 bridgehead atoms. The first-order valence-electron chi connectivity index (χ1n) is 5.26. The number of rotatable bonds is 5. The monoisotopic (exact) mass is 239 g/mol. The quantitative estimate of drug-likeness (QED) is 0.854. The Morgan fingerprint density at radius 2 is 1.76 bits per heavy atom. The highest BCUT2D eigenvalue weighted by molar-refractivity contribution is 5.93. The largest absolute Gasteiger partial charge is 0.493 e. The molecule has 1 aromatic rings. The lowest BCUT2D eigenvalue weighted by Crippen LogP contribution is -2.11. The van der Waals surface area contributed by atoms with Gasteiger partial charge in [0.15, 0.2) is 11.5 Å². The Kier molecular flexibility index (Phi) is 4.63. The molecule has 5 nitrogen and oxygen atoms in total. The Balaban J connectivity index is 3.18. The molecule has 94 valence electrons. The first kappa shape index (κ1) is 13.2. The van der Waals surface area contributed by atoms with E-state index in [-0.39, 0.29) is 5.91 Å². The molecule has 0 heterocycles. The van der Waals surface area contributed by atoms with Crippen LogP contribution in [0.2, 0.25) is 0 Å². The Hall–Kier alpha value is -1.91. The van der Waals surface area contributed by atoms with Gasteiger partial charge in [0.1, 0.15) is 0 Å². The highest BCUT2D eigenvalue weighted by Crippen LogP contribution is 2.42. The van der Waals surface area contributed by atoms with E-state index < -0.39 is 0 Å². The second-order valence-corrected chi connectivity index (χ2v) is 3.28. The van der Waals surface area contributed by atoms with Gasteiger partial charge in [-0.05, 0) is 12.1 Å². The zero-order valence-electron chi connectivity index (χ0n) is 10.5. The number of carbonyl (C=O) groups is 1. The molecule has 0 unspecified atom stereocenters. The van der Waals surface area contributed by atoms with E-state index in [1.807, 2.05) is 0 Å². The van der Waals surface area contributed by atoms with Gasteiger partial charge >= 0.3 is 0 Å². The average Bonchev–Trinajstić information content (AvgIpc) is 2.37. The summed E-state index contributed by atoms with van der Waals surface area (Å²) in [5, 5.41) is 2.74. The normalized spacial score (nSPS) is 9.65. The number of amides is 1. The SMILES string of the molecule is CCC(=O)Nc1ccc(OC)c(OC)c1OC. The minimum atomic E-state index is -0.0875. The van der Waals surface area contributed by atoms with E-state index in [0.29, 0.717) is 29.4 Å². The van der Waals surface area contributed by atoms with Crippen molar-refractivity contribution in [1.82, 2.24) is 0 Å². The molecule has 0 aliphatic rings. The third kappa shape index (κ3) is 2.81. The van der Waals surface area contributed by atoms with Crippen molar-refractivity contribution < 1.29 is 19.0 Å². The lowest BCUT2D eigenvalue weighted by Gasteiger charge is -2.15. The summed E-state index contributed by atoms with van der Waals surface area (Å²) in [6.07, 6.45) is 0.400. The second-order valence-electron chi connectivity index (χ2n) is 3.28. The first-order valence-corrected chi connectivity index (χ1v) is 5.26. The van der Waals surface area contributed by atoms with Crippen LogP contribution in [0.15, 0.2) is 12.1 Å². The van der Waals surface area contributed by atoms with Crippen LogP contribution in [0.3, 0.4) is 0 Å². The Labute approximate surface area is 101 Å². The van der Waals surface area contributed by atoms with Crippen LogP contribution in [0.1, 0.15) is 13.3 Å². The predicted molar refractivity (Wildman–Crippen MR) is 65.0 cm³/mol. The maximum atomic E-state index is 11.4. The summed E-state index contributed by atoms with van der Waals surface area (Å²) in [5.74, 6) is 1.38. The molecule has 1 N–H and O–H groups in total. The number of nitrogens with one attached hydrogen (secondary N) is 1. The smallest absolute Gasteiger partial charge is 0.224 e. The van der Waals surface area contributed by atoms with Gasteiger partial charge in [0.25, 0.3) is 0 Å². The third-order valence-corrected chi connectivity index (χ3v) is 2.30. The number of carbonyl (C=O) groups excluding carboxylic acids is 1. The zero-order valence-corrected chi connectivity index (χ0v) is 10.5. The van der Waals surface area contributed by atoms with E-state index in [4.69, 9.17) is 14.2 Å². The first-order chi connectivity index (χ1) is 8.17. The van der Waals surface area contributed by atoms with Crippen LogP contribution in [0.4, 0.5) is 5.69 Å². The molecule has 0 radical (unpaired) electrons. The molecule has 0 atom stereocenters. The Bertz CT molecular complexity index is 404. The Morgan fingerprint density at radius 1 is 1.12 bits per heavy atom. The van der Waals surface area contributed by atoms with E-state index in [2.05, 4.69) is 5.32 Å². The van der Waals surface area contributed by atoms with Gasteiger partial charge < -0.3 is 19.5 Å². The molecule has 0 saturated carbocycles. The summed E-state index contributed by atoms with van der Waals surface area (Å²) in [4.78, 5) is 11.4. The van der Waals surface area contributed by atoms with E-state index in [9.17, 15) is 4.79 Å². The molecule has 0 aliphatic heterocycles. The molecule has 1 aromatic carbocycles. The van der Waals surface area contributed by atoms with Crippen LogP contribution in [0.5, 0.6) is 17.2 Å². The van der Waals surface area contributed by atoms with Crippen LogP contribution >= 0.6 is 0 Å². The Morgan fingerprint density at radius 3 is 2.24 bits per heavy atom. The van der Waals surface area contributed by atoms with Gasteiger partial charge in [-0.1, -0.05) is 6.92 Å². The highest BCUT2D eigenvalue weighted by Gasteiger charge is 2.16. The third-order valence-electron chi connectivity index (χ3n) is 2.30. The summed E-state index contributed by atoms with van der Waals surface area (Å²) in [6.45, 7) is 1.78. The maximum Gasteiger partial charge on any atom is 0.224 e. The zero-order chi connectivity index (χ0) is 12.8. The van der Waals surface area contributed by atoms with Gasteiger partial charge in [0.05, 0.1) is 27.0 Å². The van der Waals surface area contributed by atoms with E-state index in [1.54, 1.807) is 26.2 Å². The van der Waals surface area contributed by atoms with Gasteiger partial charge in [-0.15, -0.1) is 0 Å². The molecule has 0 saturated heterocycles. The topological polar surface area (TPSA) is 56.8 Å². The fraction of sp³-hybridized carbons (Fsp3) is 0.417. The summed E-state index contributed by atoms with van der Waals surface area (Å²) < 4.78 is 15.6. The second kappa shape index (κ2) is 5.98. The van der Waals surface area contributed by atoms with Crippen molar-refractivity contribution in [1.29, 1.82) is 0 Å². The number of benzene rings is 1. The van der Waals surface area contributed by atoms with E-state index >= 15 is 0 Å². The van der Waals surface area contributed by atoms with Gasteiger partial charge in [-0.25, -0.2) is 0 Å². The summed E-state index contributed by atoms with van der Waals surface area (Å²) in [6, 6.07) is 3.43. The van der Waals surface area contributed by atoms with E-state index in [0.717, 1.165) is 0 Å². The maximum absolute atomic E-state index is 11.4. The van der Waals surface area contributed by atoms with Crippen LogP contribution < -0.4 is 19.5 Å². The van der Waals surface area contributed by atoms with Crippen LogP contribution in [0, 0.1) is 0 Å². The van der Waals surface area contributed by atoms with E-state index in [1.165, 1.54) is 14.2 Å². The predicted octanol–water partition coefficient (Wildman–Crippen LogP) is 2.06. The fourth-order valence-corrected chi connectivity index (χ4v) is 1.44. The van der Waals surface area contributed by atoms with Crippen LogP contribution in [0.25, 0.3) is 0 Å². The van der Waals surface area contributed by atoms with Crippen LogP contribution in [-0.4, -0.2) is 27.2 Å². The molecular formula is C12H17NO4. The molecule has 1 rings (SSSR count). The fourth-order valence-electron chi connectivity index (χ4n) is 1.44. The number of methoxy groups -OCH3 is 3. The van der Waals surface area contributed by atoms with Gasteiger partial charge in [0, 0.05) is 6.42 Å². The number of hydrogen-bond donors (Lipinski definition) is 1. The molecule has 5 heteroatoms. The van der Waals surface area contributed by atoms with Crippen molar-refractivity contribution in [2.24, 2.45) is 0 Å². The van der Waals surface area contributed by atoms with Gasteiger partial charge in [-0.2, -0.15) is 0 Å². The number of hydrogen-bond acceptors (Lipinski definition) is 4. The lowest BCUT2D eigenvalue weighted by molar-refractivity contribution is -0.115. The average molecular weight is 239 g/mol. The van der Waals surface area contributed by atoms with Gasteiger partial charge in [-0.3, -0.25) is 4.79 Å². The molecule has 0 spiro atoms. The standard InChI is InChI=1S/C12H17NO4/c1-5-10(14)13-8-6-7-9(15-2)12(17-4)11(8)16-3/h6-7H,5H2,1-4H3,(H,13,14).